The van der Waals surface area contributed by atoms with Gasteiger partial charge in [-0.3, -0.25) is 0 Å². The molecule has 0 aliphatic heterocycles. The van der Waals surface area contributed by atoms with Crippen LogP contribution in [0.5, 0.6) is 11.5 Å². The molecule has 2 aromatic carbocycles. The van der Waals surface area contributed by atoms with Gasteiger partial charge in [0.25, 0.3) is 0 Å². The fourth-order valence-electron chi connectivity index (χ4n) is 1.96. The third kappa shape index (κ3) is 4.64. The van der Waals surface area contributed by atoms with E-state index in [-0.39, 0.29) is 5.75 Å². The Morgan fingerprint density at radius 3 is 1.96 bits per heavy atom. The van der Waals surface area contributed by atoms with E-state index in [9.17, 15) is 13.2 Å². The molecule has 0 saturated heterocycles. The molecule has 0 fully saturated rings. The van der Waals surface area contributed by atoms with Crippen LogP contribution >= 0.6 is 0 Å². The lowest BCUT2D eigenvalue weighted by Crippen LogP contribution is -1.91. The number of benzene rings is 2. The molecule has 2 rings (SSSR count). The summed E-state index contributed by atoms with van der Waals surface area (Å²) in [5, 5.41) is 0. The predicted molar refractivity (Wildman–Crippen MR) is 84.0 cm³/mol. The summed E-state index contributed by atoms with van der Waals surface area (Å²) in [6.07, 6.45) is -0.513. The van der Waals surface area contributed by atoms with Crippen molar-refractivity contribution in [3.8, 4) is 11.5 Å². The fraction of sp³-hybridized carbons (Fsp3) is 0.111. The molecule has 0 radical (unpaired) electrons. The molecule has 0 bridgehead atoms. The maximum atomic E-state index is 12.7. The lowest BCUT2D eigenvalue weighted by Gasteiger charge is -2.06. The number of hydrogen-bond acceptors (Lipinski definition) is 2. The minimum absolute atomic E-state index is 0.0105. The van der Waals surface area contributed by atoms with E-state index in [1.54, 1.807) is 19.2 Å². The molecule has 0 heterocycles. The lowest BCUT2D eigenvalue weighted by molar-refractivity contribution is 0.241. The van der Waals surface area contributed by atoms with Crippen molar-refractivity contribution < 1.29 is 22.6 Å². The summed E-state index contributed by atoms with van der Waals surface area (Å²) in [6.45, 7) is 1.92. The SMILES string of the molecule is COc1ccc(C=C(C)c2ccc(OC(F)=C(F)F)cc2)cc1. The molecular formula is C18H15F3O2. The maximum Gasteiger partial charge on any atom is 0.344 e. The van der Waals surface area contributed by atoms with Gasteiger partial charge in [0.2, 0.25) is 0 Å². The molecule has 2 aromatic rings. The van der Waals surface area contributed by atoms with E-state index in [1.807, 2.05) is 37.3 Å². The van der Waals surface area contributed by atoms with Crippen molar-refractivity contribution in [3.63, 3.8) is 0 Å². The van der Waals surface area contributed by atoms with Gasteiger partial charge >= 0.3 is 12.1 Å². The normalized spacial score (nSPS) is 11.1. The quantitative estimate of drug-likeness (QED) is 0.522. The van der Waals surface area contributed by atoms with Crippen molar-refractivity contribution >= 4 is 11.6 Å². The third-order valence-electron chi connectivity index (χ3n) is 3.16. The van der Waals surface area contributed by atoms with Gasteiger partial charge in [0, 0.05) is 0 Å². The Balaban J connectivity index is 2.14. The van der Waals surface area contributed by atoms with Crippen LogP contribution < -0.4 is 9.47 Å². The average Bonchev–Trinajstić information content (AvgIpc) is 2.56. The summed E-state index contributed by atoms with van der Waals surface area (Å²) in [4.78, 5) is 0. The average molecular weight is 320 g/mol. The van der Waals surface area contributed by atoms with Crippen LogP contribution in [-0.2, 0) is 0 Å². The molecule has 0 aliphatic carbocycles. The Kier molecular flexibility index (Phi) is 5.46. The number of hydrogen-bond donors (Lipinski definition) is 0. The van der Waals surface area contributed by atoms with Crippen LogP contribution in [0.15, 0.2) is 60.6 Å². The first-order valence-electron chi connectivity index (χ1n) is 6.81. The standard InChI is InChI=1S/C18H15F3O2/c1-12(11-13-3-7-15(22-2)8-4-13)14-5-9-16(10-6-14)23-18(21)17(19)20/h3-11H,1-2H3. The van der Waals surface area contributed by atoms with Gasteiger partial charge in [-0.1, -0.05) is 30.3 Å². The number of rotatable bonds is 5. The monoisotopic (exact) mass is 320 g/mol. The Hall–Kier alpha value is -2.69. The molecule has 120 valence electrons. The topological polar surface area (TPSA) is 18.5 Å². The second-order valence-corrected chi connectivity index (χ2v) is 4.76. The molecule has 0 atom stereocenters. The Labute approximate surface area is 132 Å². The van der Waals surface area contributed by atoms with Gasteiger partial charge in [-0.15, -0.1) is 0 Å². The predicted octanol–water partition coefficient (Wildman–Crippen LogP) is 5.67. The van der Waals surface area contributed by atoms with Crippen molar-refractivity contribution in [3.05, 3.63) is 71.8 Å². The van der Waals surface area contributed by atoms with Crippen LogP contribution in [0.4, 0.5) is 13.2 Å². The van der Waals surface area contributed by atoms with Gasteiger partial charge in [-0.05, 0) is 47.9 Å². The van der Waals surface area contributed by atoms with Gasteiger partial charge in [-0.25, -0.2) is 0 Å². The zero-order valence-electron chi connectivity index (χ0n) is 12.6. The maximum absolute atomic E-state index is 12.7. The first-order valence-corrected chi connectivity index (χ1v) is 6.81. The molecule has 0 N–H and O–H groups in total. The van der Waals surface area contributed by atoms with E-state index in [4.69, 9.17) is 4.74 Å². The van der Waals surface area contributed by atoms with E-state index in [2.05, 4.69) is 4.74 Å². The lowest BCUT2D eigenvalue weighted by atomic mass is 10.0. The molecule has 5 heteroatoms. The van der Waals surface area contributed by atoms with Crippen LogP contribution in [0.3, 0.4) is 0 Å². The zero-order chi connectivity index (χ0) is 16.8. The van der Waals surface area contributed by atoms with Crippen LogP contribution in [0, 0.1) is 0 Å². The van der Waals surface area contributed by atoms with Crippen LogP contribution in [0.1, 0.15) is 18.1 Å². The largest absolute Gasteiger partial charge is 0.497 e. The first-order chi connectivity index (χ1) is 11.0. The summed E-state index contributed by atoms with van der Waals surface area (Å²) < 4.78 is 46.1. The molecule has 0 amide bonds. The van der Waals surface area contributed by atoms with Crippen molar-refractivity contribution in [2.24, 2.45) is 0 Å². The summed E-state index contributed by atoms with van der Waals surface area (Å²) in [5.41, 5.74) is 2.84. The zero-order valence-corrected chi connectivity index (χ0v) is 12.6. The van der Waals surface area contributed by atoms with E-state index < -0.39 is 12.1 Å². The van der Waals surface area contributed by atoms with Gasteiger partial charge in [0.05, 0.1) is 7.11 Å². The van der Waals surface area contributed by atoms with Gasteiger partial charge < -0.3 is 9.47 Å². The molecule has 0 saturated carbocycles. The highest BCUT2D eigenvalue weighted by Crippen LogP contribution is 2.23. The Morgan fingerprint density at radius 1 is 0.870 bits per heavy atom. The Bertz CT molecular complexity index is 713. The third-order valence-corrected chi connectivity index (χ3v) is 3.16. The van der Waals surface area contributed by atoms with Crippen LogP contribution in [0.25, 0.3) is 11.6 Å². The second kappa shape index (κ2) is 7.54. The van der Waals surface area contributed by atoms with Gasteiger partial charge in [-0.2, -0.15) is 13.2 Å². The minimum atomic E-state index is -2.48. The minimum Gasteiger partial charge on any atom is -0.497 e. The molecule has 0 aliphatic rings. The number of ether oxygens (including phenoxy) is 2. The summed E-state index contributed by atoms with van der Waals surface area (Å²) in [6, 6.07) is 11.9. The highest BCUT2D eigenvalue weighted by Gasteiger charge is 2.07. The van der Waals surface area contributed by atoms with E-state index in [1.165, 1.54) is 12.1 Å². The number of halogens is 3. The highest BCUT2D eigenvalue weighted by molar-refractivity contribution is 5.80. The van der Waals surface area contributed by atoms with E-state index >= 15 is 0 Å². The molecule has 0 aromatic heterocycles. The van der Waals surface area contributed by atoms with Crippen molar-refractivity contribution in [2.75, 3.05) is 7.11 Å². The summed E-state index contributed by atoms with van der Waals surface area (Å²) in [7, 11) is 1.60. The second-order valence-electron chi connectivity index (χ2n) is 4.76. The highest BCUT2D eigenvalue weighted by atomic mass is 19.3. The van der Waals surface area contributed by atoms with E-state index in [0.29, 0.717) is 0 Å². The molecule has 0 spiro atoms. The van der Waals surface area contributed by atoms with Gasteiger partial charge in [0.1, 0.15) is 11.5 Å². The number of allylic oxidation sites excluding steroid dienone is 1. The van der Waals surface area contributed by atoms with Crippen molar-refractivity contribution in [1.29, 1.82) is 0 Å². The molecule has 0 unspecified atom stereocenters. The summed E-state index contributed by atoms with van der Waals surface area (Å²) in [5.74, 6) is 0.785. The Morgan fingerprint density at radius 2 is 1.43 bits per heavy atom. The van der Waals surface area contributed by atoms with Crippen molar-refractivity contribution in [1.82, 2.24) is 0 Å². The van der Waals surface area contributed by atoms with Crippen LogP contribution in [0.2, 0.25) is 0 Å². The molecule has 23 heavy (non-hydrogen) atoms. The van der Waals surface area contributed by atoms with Crippen LogP contribution in [-0.4, -0.2) is 7.11 Å². The molecule has 2 nitrogen and oxygen atoms in total. The first kappa shape index (κ1) is 16.7. The smallest absolute Gasteiger partial charge is 0.344 e. The van der Waals surface area contributed by atoms with Gasteiger partial charge in [0.15, 0.2) is 0 Å². The van der Waals surface area contributed by atoms with Crippen molar-refractivity contribution in [2.45, 2.75) is 6.92 Å². The number of methoxy groups -OCH3 is 1. The molecular weight excluding hydrogens is 305 g/mol. The fourth-order valence-corrected chi connectivity index (χ4v) is 1.96. The summed E-state index contributed by atoms with van der Waals surface area (Å²) >= 11 is 0. The van der Waals surface area contributed by atoms with E-state index in [0.717, 1.165) is 22.4 Å².